The number of ether oxygens (including phenoxy) is 2. The Balaban J connectivity index is 2.08. The quantitative estimate of drug-likeness (QED) is 0.412. The predicted octanol–water partition coefficient (Wildman–Crippen LogP) is 4.03. The molecule has 1 amide bonds. The Bertz CT molecular complexity index is 1070. The van der Waals surface area contributed by atoms with Crippen molar-refractivity contribution in [2.75, 3.05) is 19.1 Å². The third-order valence-corrected chi connectivity index (χ3v) is 6.02. The van der Waals surface area contributed by atoms with Crippen LogP contribution in [0.25, 0.3) is 0 Å². The van der Waals surface area contributed by atoms with Gasteiger partial charge in [0.2, 0.25) is 0 Å². The van der Waals surface area contributed by atoms with Crippen LogP contribution in [0.3, 0.4) is 0 Å². The van der Waals surface area contributed by atoms with Crippen LogP contribution >= 0.6 is 12.2 Å². The van der Waals surface area contributed by atoms with Gasteiger partial charge in [0.1, 0.15) is 4.99 Å². The Morgan fingerprint density at radius 3 is 1.90 bits per heavy atom. The van der Waals surface area contributed by atoms with Gasteiger partial charge in [-0.2, -0.15) is 0 Å². The summed E-state index contributed by atoms with van der Waals surface area (Å²) < 4.78 is 10.2. The molecule has 0 spiro atoms. The molecule has 0 N–H and O–H groups in total. The van der Waals surface area contributed by atoms with Crippen molar-refractivity contribution in [2.24, 2.45) is 0 Å². The van der Waals surface area contributed by atoms with Gasteiger partial charge in [-0.3, -0.25) is 9.69 Å². The number of hydrogen-bond donors (Lipinski definition) is 0. The fraction of sp³-hybridized carbons (Fsp3) is 0.250. The molecule has 0 bridgehead atoms. The van der Waals surface area contributed by atoms with E-state index in [1.807, 2.05) is 12.1 Å². The van der Waals surface area contributed by atoms with Gasteiger partial charge in [0.15, 0.2) is 0 Å². The van der Waals surface area contributed by atoms with E-state index in [-0.39, 0.29) is 27.2 Å². The molecular formula is C24H21NO5S. The number of methoxy groups -OCH3 is 2. The Labute approximate surface area is 185 Å². The summed E-state index contributed by atoms with van der Waals surface area (Å²) >= 11 is 5.69. The van der Waals surface area contributed by atoms with E-state index in [1.54, 1.807) is 24.3 Å². The highest BCUT2D eigenvalue weighted by atomic mass is 32.1. The van der Waals surface area contributed by atoms with Crippen molar-refractivity contribution in [3.8, 4) is 0 Å². The van der Waals surface area contributed by atoms with Crippen LogP contribution in [-0.4, -0.2) is 37.1 Å². The highest BCUT2D eigenvalue weighted by Crippen LogP contribution is 2.39. The number of para-hydroxylation sites is 1. The first-order chi connectivity index (χ1) is 15.0. The van der Waals surface area contributed by atoms with E-state index in [9.17, 15) is 14.4 Å². The van der Waals surface area contributed by atoms with E-state index in [2.05, 4.69) is 6.08 Å². The maximum atomic E-state index is 13.6. The summed E-state index contributed by atoms with van der Waals surface area (Å²) in [5, 5.41) is 0. The van der Waals surface area contributed by atoms with Gasteiger partial charge in [-0.25, -0.2) is 9.59 Å². The maximum absolute atomic E-state index is 13.6. The van der Waals surface area contributed by atoms with Crippen molar-refractivity contribution in [1.82, 2.24) is 0 Å². The Hall–Kier alpha value is -3.32. The van der Waals surface area contributed by atoms with E-state index >= 15 is 0 Å². The summed E-state index contributed by atoms with van der Waals surface area (Å²) in [5.74, 6) is -1.63. The zero-order valence-corrected chi connectivity index (χ0v) is 18.1. The van der Waals surface area contributed by atoms with E-state index < -0.39 is 17.8 Å². The van der Waals surface area contributed by atoms with E-state index in [1.165, 1.54) is 19.1 Å². The molecule has 7 heteroatoms. The number of thiocarbonyl (C=S) groups is 1. The predicted molar refractivity (Wildman–Crippen MR) is 120 cm³/mol. The highest BCUT2D eigenvalue weighted by molar-refractivity contribution is 7.81. The average Bonchev–Trinajstić information content (AvgIpc) is 3.02. The van der Waals surface area contributed by atoms with Crippen molar-refractivity contribution in [3.05, 3.63) is 75.9 Å². The third-order valence-electron chi connectivity index (χ3n) is 5.63. The molecule has 6 nitrogen and oxygen atoms in total. The smallest absolute Gasteiger partial charge is 0.338 e. The van der Waals surface area contributed by atoms with Crippen LogP contribution < -0.4 is 4.90 Å². The van der Waals surface area contributed by atoms with Crippen LogP contribution in [0.5, 0.6) is 0 Å². The summed E-state index contributed by atoms with van der Waals surface area (Å²) in [7, 11) is 2.58. The second kappa shape index (κ2) is 8.43. The minimum atomic E-state index is -0.612. The average molecular weight is 436 g/mol. The van der Waals surface area contributed by atoms with Crippen LogP contribution in [-0.2, 0) is 22.3 Å². The number of hydrogen-bond acceptors (Lipinski definition) is 6. The number of fused-ring (bicyclic) bond motifs is 2. The van der Waals surface area contributed by atoms with Gasteiger partial charge in [0, 0.05) is 5.56 Å². The second-order valence-corrected chi connectivity index (χ2v) is 7.66. The molecule has 0 atom stereocenters. The molecule has 31 heavy (non-hydrogen) atoms. The lowest BCUT2D eigenvalue weighted by atomic mass is 9.82. The first-order valence-electron chi connectivity index (χ1n) is 9.98. The topological polar surface area (TPSA) is 72.9 Å². The van der Waals surface area contributed by atoms with Gasteiger partial charge in [0.25, 0.3) is 5.91 Å². The zero-order chi connectivity index (χ0) is 22.1. The first-order valence-corrected chi connectivity index (χ1v) is 10.4. The summed E-state index contributed by atoms with van der Waals surface area (Å²) in [6.07, 6.45) is 6.48. The summed E-state index contributed by atoms with van der Waals surface area (Å²) in [6.45, 7) is 0. The molecule has 2 aliphatic rings. The van der Waals surface area contributed by atoms with Crippen molar-refractivity contribution >= 4 is 40.7 Å². The van der Waals surface area contributed by atoms with Crippen LogP contribution in [0, 0.1) is 0 Å². The number of amides is 1. The Morgan fingerprint density at radius 2 is 1.39 bits per heavy atom. The van der Waals surface area contributed by atoms with Gasteiger partial charge >= 0.3 is 11.9 Å². The van der Waals surface area contributed by atoms with Gasteiger partial charge in [-0.1, -0.05) is 42.6 Å². The van der Waals surface area contributed by atoms with E-state index in [0.29, 0.717) is 42.5 Å². The number of allylic oxidation sites excluding steroid dienone is 2. The van der Waals surface area contributed by atoms with Crippen LogP contribution in [0.1, 0.15) is 60.6 Å². The number of carbonyl (C=O) groups is 3. The SMILES string of the molecule is COC(=O)c1c2c(c(C(=O)OC)c3c1C(=O)N(c1ccccc1)C3=S)CC/C=C/CC2. The molecule has 0 aromatic heterocycles. The van der Waals surface area contributed by atoms with E-state index in [0.717, 1.165) is 0 Å². The van der Waals surface area contributed by atoms with Crippen LogP contribution in [0.15, 0.2) is 42.5 Å². The minimum absolute atomic E-state index is 0.115. The standard InChI is InChI=1S/C24H21NO5S/c1-29-23(27)17-15-12-8-3-4-9-13-16(15)18(24(28)30-2)20-19(17)21(26)25(22(20)31)14-10-6-5-7-11-14/h3-7,10-11H,8-9,12-13H2,1-2H3/b4-3+. The normalized spacial score (nSPS) is 16.1. The van der Waals surface area contributed by atoms with Crippen molar-refractivity contribution < 1.29 is 23.9 Å². The van der Waals surface area contributed by atoms with Crippen LogP contribution in [0.4, 0.5) is 5.69 Å². The largest absolute Gasteiger partial charge is 0.465 e. The van der Waals surface area contributed by atoms with Crippen LogP contribution in [0.2, 0.25) is 0 Å². The minimum Gasteiger partial charge on any atom is -0.465 e. The third kappa shape index (κ3) is 3.35. The van der Waals surface area contributed by atoms with Gasteiger partial charge in [-0.15, -0.1) is 0 Å². The molecule has 2 aromatic rings. The van der Waals surface area contributed by atoms with Gasteiger partial charge < -0.3 is 9.47 Å². The van der Waals surface area contributed by atoms with Crippen molar-refractivity contribution in [2.45, 2.75) is 25.7 Å². The highest BCUT2D eigenvalue weighted by Gasteiger charge is 2.43. The lowest BCUT2D eigenvalue weighted by Crippen LogP contribution is -2.29. The lowest BCUT2D eigenvalue weighted by Gasteiger charge is -2.21. The molecule has 1 aliphatic heterocycles. The number of carbonyl (C=O) groups excluding carboxylic acids is 3. The molecule has 158 valence electrons. The van der Waals surface area contributed by atoms with Gasteiger partial charge in [-0.05, 0) is 48.9 Å². The second-order valence-electron chi connectivity index (χ2n) is 7.27. The Morgan fingerprint density at radius 1 is 0.871 bits per heavy atom. The number of anilines is 1. The maximum Gasteiger partial charge on any atom is 0.338 e. The molecule has 0 fully saturated rings. The monoisotopic (exact) mass is 435 g/mol. The Kier molecular flexibility index (Phi) is 5.69. The molecule has 2 aromatic carbocycles. The molecule has 0 saturated heterocycles. The fourth-order valence-electron chi connectivity index (χ4n) is 4.31. The molecule has 0 radical (unpaired) electrons. The molecule has 1 aliphatic carbocycles. The molecule has 0 unspecified atom stereocenters. The lowest BCUT2D eigenvalue weighted by molar-refractivity contribution is 0.0582. The number of rotatable bonds is 3. The van der Waals surface area contributed by atoms with Crippen molar-refractivity contribution in [1.29, 1.82) is 0 Å². The molecule has 4 rings (SSSR count). The van der Waals surface area contributed by atoms with Gasteiger partial charge in [0.05, 0.1) is 36.6 Å². The fourth-order valence-corrected chi connectivity index (χ4v) is 4.70. The van der Waals surface area contributed by atoms with Crippen molar-refractivity contribution in [3.63, 3.8) is 0 Å². The number of esters is 2. The number of nitrogens with zero attached hydrogens (tertiary/aromatic N) is 1. The summed E-state index contributed by atoms with van der Waals surface area (Å²) in [6, 6.07) is 8.93. The number of benzene rings is 2. The summed E-state index contributed by atoms with van der Waals surface area (Å²) in [5.41, 5.74) is 2.77. The zero-order valence-electron chi connectivity index (χ0n) is 17.3. The molecule has 1 heterocycles. The summed E-state index contributed by atoms with van der Waals surface area (Å²) in [4.78, 5) is 41.0. The van der Waals surface area contributed by atoms with E-state index in [4.69, 9.17) is 21.7 Å². The molecule has 0 saturated carbocycles. The first kappa shape index (κ1) is 20.9. The molecular weight excluding hydrogens is 414 g/mol.